The molecule has 3 heterocycles. The number of nitrogens with zero attached hydrogens (tertiary/aromatic N) is 3. The maximum atomic E-state index is 12.3. The van der Waals surface area contributed by atoms with Gasteiger partial charge in [0.2, 0.25) is 0 Å². The molecular formula is C17H14Cl2N4O4. The summed E-state index contributed by atoms with van der Waals surface area (Å²) in [7, 11) is 0. The second kappa shape index (κ2) is 7.89. The van der Waals surface area contributed by atoms with E-state index < -0.39 is 17.2 Å². The van der Waals surface area contributed by atoms with Gasteiger partial charge in [-0.1, -0.05) is 30.1 Å². The van der Waals surface area contributed by atoms with Gasteiger partial charge in [-0.05, 0) is 24.6 Å². The maximum Gasteiger partial charge on any atom is 0.340 e. The quantitative estimate of drug-likeness (QED) is 0.513. The van der Waals surface area contributed by atoms with Gasteiger partial charge in [-0.2, -0.15) is 0 Å². The van der Waals surface area contributed by atoms with E-state index in [4.69, 9.17) is 27.9 Å². The number of hydrogen-bond acceptors (Lipinski definition) is 6. The van der Waals surface area contributed by atoms with Crippen molar-refractivity contribution in [1.82, 2.24) is 19.5 Å². The molecule has 8 nitrogen and oxygen atoms in total. The van der Waals surface area contributed by atoms with E-state index >= 15 is 0 Å². The zero-order valence-corrected chi connectivity index (χ0v) is 15.7. The molecule has 0 radical (unpaired) electrons. The molecule has 1 N–H and O–H groups in total. The van der Waals surface area contributed by atoms with Crippen LogP contribution in [0, 0.1) is 0 Å². The van der Waals surface area contributed by atoms with Gasteiger partial charge in [0.15, 0.2) is 0 Å². The molecule has 140 valence electrons. The van der Waals surface area contributed by atoms with Gasteiger partial charge in [0.25, 0.3) is 5.56 Å². The zero-order valence-electron chi connectivity index (χ0n) is 14.2. The molecule has 0 aliphatic carbocycles. The molecule has 0 amide bonds. The second-order valence-corrected chi connectivity index (χ2v) is 6.44. The van der Waals surface area contributed by atoms with Crippen LogP contribution in [0.5, 0.6) is 0 Å². The van der Waals surface area contributed by atoms with Crippen molar-refractivity contribution in [3.8, 4) is 0 Å². The molecule has 0 saturated carbocycles. The van der Waals surface area contributed by atoms with Gasteiger partial charge < -0.3 is 4.74 Å². The minimum absolute atomic E-state index is 0.0628. The molecule has 0 bridgehead atoms. The number of aromatic nitrogens is 4. The standard InChI is InChI=1S/C17H14Cl2N4O4/c1-2-5-23-14-10(15(24)22-17(23)26)6-9(7-20-14)16(25)27-8-12-11(18)3-4-13(19)21-12/h3-4,6-7H,2,5,8H2,1H3,(H,22,24,26). The fourth-order valence-corrected chi connectivity index (χ4v) is 2.81. The first-order valence-corrected chi connectivity index (χ1v) is 8.77. The third-order valence-electron chi connectivity index (χ3n) is 3.74. The summed E-state index contributed by atoms with van der Waals surface area (Å²) in [6.07, 6.45) is 1.93. The summed E-state index contributed by atoms with van der Waals surface area (Å²) in [6.45, 7) is 2.09. The molecule has 0 unspecified atom stereocenters. The van der Waals surface area contributed by atoms with Crippen LogP contribution in [0.25, 0.3) is 11.0 Å². The highest BCUT2D eigenvalue weighted by Crippen LogP contribution is 2.18. The monoisotopic (exact) mass is 408 g/mol. The number of aryl methyl sites for hydroxylation is 1. The Labute approximate surface area is 162 Å². The van der Waals surface area contributed by atoms with E-state index in [0.717, 1.165) is 0 Å². The Bertz CT molecular complexity index is 1140. The SMILES string of the molecule is CCCn1c(=O)[nH]c(=O)c2cc(C(=O)OCc3nc(Cl)ccc3Cl)cnc21. The summed E-state index contributed by atoms with van der Waals surface area (Å²) in [5, 5.41) is 0.651. The van der Waals surface area contributed by atoms with Crippen molar-refractivity contribution in [2.24, 2.45) is 0 Å². The van der Waals surface area contributed by atoms with Crippen molar-refractivity contribution >= 4 is 40.2 Å². The molecule has 3 aromatic rings. The molecule has 10 heteroatoms. The lowest BCUT2D eigenvalue weighted by Gasteiger charge is -2.09. The van der Waals surface area contributed by atoms with E-state index in [2.05, 4.69) is 15.0 Å². The van der Waals surface area contributed by atoms with Crippen LogP contribution in [0.1, 0.15) is 29.4 Å². The van der Waals surface area contributed by atoms with Gasteiger partial charge in [-0.15, -0.1) is 0 Å². The molecule has 27 heavy (non-hydrogen) atoms. The third-order valence-corrected chi connectivity index (χ3v) is 4.29. The van der Waals surface area contributed by atoms with E-state index in [1.54, 1.807) is 6.07 Å². The smallest absolute Gasteiger partial charge is 0.340 e. The highest BCUT2D eigenvalue weighted by atomic mass is 35.5. The Morgan fingerprint density at radius 3 is 2.81 bits per heavy atom. The third kappa shape index (κ3) is 4.01. The molecule has 0 aliphatic rings. The van der Waals surface area contributed by atoms with E-state index in [1.165, 1.54) is 22.9 Å². The number of aromatic amines is 1. The predicted molar refractivity (Wildman–Crippen MR) is 100 cm³/mol. The van der Waals surface area contributed by atoms with Crippen LogP contribution in [0.15, 0.2) is 34.0 Å². The van der Waals surface area contributed by atoms with Crippen LogP contribution in [-0.2, 0) is 17.9 Å². The van der Waals surface area contributed by atoms with Crippen molar-refractivity contribution in [2.45, 2.75) is 26.5 Å². The van der Waals surface area contributed by atoms with E-state index in [1.807, 2.05) is 6.92 Å². The summed E-state index contributed by atoms with van der Waals surface area (Å²) in [6, 6.07) is 4.40. The lowest BCUT2D eigenvalue weighted by molar-refractivity contribution is 0.0467. The van der Waals surface area contributed by atoms with Crippen molar-refractivity contribution < 1.29 is 9.53 Å². The number of fused-ring (bicyclic) bond motifs is 1. The normalized spacial score (nSPS) is 10.9. The molecule has 3 aromatic heterocycles. The zero-order chi connectivity index (χ0) is 19.6. The van der Waals surface area contributed by atoms with Gasteiger partial charge >= 0.3 is 11.7 Å². The van der Waals surface area contributed by atoms with Crippen molar-refractivity contribution in [1.29, 1.82) is 0 Å². The molecule has 0 atom stereocenters. The molecule has 0 aromatic carbocycles. The lowest BCUT2D eigenvalue weighted by atomic mass is 10.2. The summed E-state index contributed by atoms with van der Waals surface area (Å²) in [5.74, 6) is -0.713. The Morgan fingerprint density at radius 2 is 2.07 bits per heavy atom. The number of ether oxygens (including phenoxy) is 1. The molecule has 0 saturated heterocycles. The summed E-state index contributed by atoms with van der Waals surface area (Å²) >= 11 is 11.8. The average molecular weight is 409 g/mol. The Hall–Kier alpha value is -2.71. The minimum Gasteiger partial charge on any atom is -0.455 e. The highest BCUT2D eigenvalue weighted by Gasteiger charge is 2.15. The number of esters is 1. The Kier molecular flexibility index (Phi) is 5.57. The van der Waals surface area contributed by atoms with E-state index in [-0.39, 0.29) is 28.4 Å². The van der Waals surface area contributed by atoms with Crippen LogP contribution in [0.4, 0.5) is 0 Å². The average Bonchev–Trinajstić information content (AvgIpc) is 2.65. The van der Waals surface area contributed by atoms with Crippen LogP contribution in [0.2, 0.25) is 10.2 Å². The number of carbonyl (C=O) groups is 1. The maximum absolute atomic E-state index is 12.3. The first kappa shape index (κ1) is 19.1. The highest BCUT2D eigenvalue weighted by molar-refractivity contribution is 6.32. The minimum atomic E-state index is -0.713. The number of hydrogen-bond donors (Lipinski definition) is 1. The number of carbonyl (C=O) groups excluding carboxylic acids is 1. The summed E-state index contributed by atoms with van der Waals surface area (Å²) in [5.41, 5.74) is -0.585. The number of pyridine rings is 2. The fraction of sp³-hybridized carbons (Fsp3) is 0.235. The topological polar surface area (TPSA) is 107 Å². The van der Waals surface area contributed by atoms with E-state index in [9.17, 15) is 14.4 Å². The summed E-state index contributed by atoms with van der Waals surface area (Å²) in [4.78, 5) is 46.6. The Morgan fingerprint density at radius 1 is 1.30 bits per heavy atom. The van der Waals surface area contributed by atoms with Crippen molar-refractivity contribution in [3.05, 3.63) is 66.7 Å². The van der Waals surface area contributed by atoms with Crippen LogP contribution in [-0.4, -0.2) is 25.5 Å². The summed E-state index contributed by atoms with van der Waals surface area (Å²) < 4.78 is 6.52. The van der Waals surface area contributed by atoms with Gasteiger partial charge in [0.05, 0.1) is 21.7 Å². The molecule has 0 fully saturated rings. The van der Waals surface area contributed by atoms with E-state index in [0.29, 0.717) is 23.7 Å². The molecule has 0 aliphatic heterocycles. The first-order valence-electron chi connectivity index (χ1n) is 8.01. The van der Waals surface area contributed by atoms with Crippen molar-refractivity contribution in [3.63, 3.8) is 0 Å². The largest absolute Gasteiger partial charge is 0.455 e. The number of rotatable bonds is 5. The van der Waals surface area contributed by atoms with Crippen molar-refractivity contribution in [2.75, 3.05) is 0 Å². The molecule has 0 spiro atoms. The van der Waals surface area contributed by atoms with Crippen LogP contribution >= 0.6 is 23.2 Å². The number of H-pyrrole nitrogens is 1. The first-order chi connectivity index (χ1) is 12.9. The van der Waals surface area contributed by atoms with Crippen LogP contribution < -0.4 is 11.2 Å². The molecule has 3 rings (SSSR count). The van der Waals surface area contributed by atoms with Gasteiger partial charge in [0, 0.05) is 12.7 Å². The fourth-order valence-electron chi connectivity index (χ4n) is 2.49. The van der Waals surface area contributed by atoms with Gasteiger partial charge in [-0.3, -0.25) is 14.3 Å². The van der Waals surface area contributed by atoms with Gasteiger partial charge in [0.1, 0.15) is 17.4 Å². The lowest BCUT2D eigenvalue weighted by Crippen LogP contribution is -2.31. The Balaban J connectivity index is 1.90. The number of halogens is 2. The predicted octanol–water partition coefficient (Wildman–Crippen LogP) is 2.55. The number of nitrogens with one attached hydrogen (secondary N) is 1. The van der Waals surface area contributed by atoms with Crippen LogP contribution in [0.3, 0.4) is 0 Å². The second-order valence-electron chi connectivity index (χ2n) is 5.64. The van der Waals surface area contributed by atoms with Gasteiger partial charge in [-0.25, -0.2) is 19.6 Å². The molecular weight excluding hydrogens is 395 g/mol.